The van der Waals surface area contributed by atoms with Crippen molar-refractivity contribution in [3.8, 4) is 0 Å². The van der Waals surface area contributed by atoms with Gasteiger partial charge in [-0.25, -0.2) is 4.79 Å². The van der Waals surface area contributed by atoms with E-state index in [1.807, 2.05) is 0 Å². The van der Waals surface area contributed by atoms with Crippen LogP contribution >= 0.6 is 0 Å². The number of hydrogen-bond acceptors (Lipinski definition) is 3. The first-order valence-corrected chi connectivity index (χ1v) is 5.80. The average Bonchev–Trinajstić information content (AvgIpc) is 2.23. The molecule has 1 atom stereocenters. The largest absolute Gasteiger partial charge is 0.449 e. The summed E-state index contributed by atoms with van der Waals surface area (Å²) in [6.45, 7) is 4.30. The number of rotatable bonds is 6. The van der Waals surface area contributed by atoms with Crippen LogP contribution in [0.1, 0.15) is 32.6 Å². The number of carbonyl (C=O) groups is 1. The Balaban J connectivity index is 2.29. The van der Waals surface area contributed by atoms with Gasteiger partial charge in [0.05, 0.1) is 6.61 Å². The summed E-state index contributed by atoms with van der Waals surface area (Å²) in [7, 11) is 0. The summed E-state index contributed by atoms with van der Waals surface area (Å²) in [4.78, 5) is 13.1. The quantitative estimate of drug-likeness (QED) is 0.685. The van der Waals surface area contributed by atoms with Gasteiger partial charge in [-0.15, -0.1) is 0 Å². The number of ether oxygens (including phenoxy) is 1. The molecule has 15 heavy (non-hydrogen) atoms. The maximum Gasteiger partial charge on any atom is 0.409 e. The van der Waals surface area contributed by atoms with Gasteiger partial charge in [-0.3, -0.25) is 0 Å². The molecule has 0 aliphatic carbocycles. The fourth-order valence-corrected chi connectivity index (χ4v) is 1.81. The molecule has 0 radical (unpaired) electrons. The van der Waals surface area contributed by atoms with Crippen LogP contribution in [0.25, 0.3) is 0 Å². The van der Waals surface area contributed by atoms with E-state index in [4.69, 9.17) is 9.84 Å². The van der Waals surface area contributed by atoms with Crippen LogP contribution in [0.5, 0.6) is 0 Å². The second-order valence-corrected chi connectivity index (χ2v) is 4.11. The molecular weight excluding hydrogens is 194 g/mol. The lowest BCUT2D eigenvalue weighted by Crippen LogP contribution is -2.43. The Hall–Kier alpha value is -0.770. The van der Waals surface area contributed by atoms with Gasteiger partial charge >= 0.3 is 6.09 Å². The summed E-state index contributed by atoms with van der Waals surface area (Å²) in [5.74, 6) is 0.300. The summed E-state index contributed by atoms with van der Waals surface area (Å²) in [6, 6.07) is 0. The Labute approximate surface area is 91.2 Å². The van der Waals surface area contributed by atoms with E-state index < -0.39 is 0 Å². The number of aliphatic hydroxyl groups is 1. The monoisotopic (exact) mass is 215 g/mol. The SMILES string of the molecule is CCCCCN1CC(CCO)COC1=O. The van der Waals surface area contributed by atoms with Crippen LogP contribution in [0.4, 0.5) is 4.79 Å². The van der Waals surface area contributed by atoms with Crippen molar-refractivity contribution in [3.63, 3.8) is 0 Å². The highest BCUT2D eigenvalue weighted by atomic mass is 16.6. The normalized spacial score (nSPS) is 21.6. The molecule has 0 bridgehead atoms. The van der Waals surface area contributed by atoms with Crippen molar-refractivity contribution >= 4 is 6.09 Å². The summed E-state index contributed by atoms with van der Waals surface area (Å²) < 4.78 is 5.06. The molecule has 1 N–H and O–H groups in total. The van der Waals surface area contributed by atoms with Crippen molar-refractivity contribution in [2.45, 2.75) is 32.6 Å². The predicted molar refractivity (Wildman–Crippen MR) is 57.6 cm³/mol. The Morgan fingerprint density at radius 3 is 3.00 bits per heavy atom. The van der Waals surface area contributed by atoms with Crippen LogP contribution in [0.3, 0.4) is 0 Å². The molecule has 4 heteroatoms. The lowest BCUT2D eigenvalue weighted by Gasteiger charge is -2.31. The molecule has 1 amide bonds. The van der Waals surface area contributed by atoms with Gasteiger partial charge in [0.1, 0.15) is 0 Å². The van der Waals surface area contributed by atoms with Gasteiger partial charge in [0, 0.05) is 25.6 Å². The zero-order valence-electron chi connectivity index (χ0n) is 9.45. The molecule has 1 aliphatic heterocycles. The predicted octanol–water partition coefficient (Wildman–Crippen LogP) is 1.63. The van der Waals surface area contributed by atoms with Crippen LogP contribution in [-0.4, -0.2) is 42.4 Å². The first kappa shape index (κ1) is 12.3. The second kappa shape index (κ2) is 6.67. The van der Waals surface area contributed by atoms with E-state index in [1.54, 1.807) is 4.90 Å². The number of carbonyl (C=O) groups excluding carboxylic acids is 1. The topological polar surface area (TPSA) is 49.8 Å². The molecule has 1 unspecified atom stereocenters. The minimum Gasteiger partial charge on any atom is -0.449 e. The van der Waals surface area contributed by atoms with Crippen molar-refractivity contribution in [1.29, 1.82) is 0 Å². The Morgan fingerprint density at radius 1 is 1.53 bits per heavy atom. The molecule has 0 aromatic carbocycles. The molecule has 1 rings (SSSR count). The zero-order valence-corrected chi connectivity index (χ0v) is 9.45. The van der Waals surface area contributed by atoms with Crippen LogP contribution in [0.15, 0.2) is 0 Å². The molecule has 4 nitrogen and oxygen atoms in total. The molecule has 88 valence electrons. The summed E-state index contributed by atoms with van der Waals surface area (Å²) >= 11 is 0. The van der Waals surface area contributed by atoms with Gasteiger partial charge in [0.25, 0.3) is 0 Å². The molecule has 0 saturated carbocycles. The highest BCUT2D eigenvalue weighted by Gasteiger charge is 2.25. The minimum absolute atomic E-state index is 0.172. The highest BCUT2D eigenvalue weighted by Crippen LogP contribution is 2.15. The van der Waals surface area contributed by atoms with E-state index >= 15 is 0 Å². The van der Waals surface area contributed by atoms with Crippen LogP contribution in [0, 0.1) is 5.92 Å². The molecule has 1 heterocycles. The van der Waals surface area contributed by atoms with Crippen molar-refractivity contribution < 1.29 is 14.6 Å². The van der Waals surface area contributed by atoms with Gasteiger partial charge in [0.15, 0.2) is 0 Å². The van der Waals surface area contributed by atoms with Crippen molar-refractivity contribution in [2.24, 2.45) is 5.92 Å². The third kappa shape index (κ3) is 4.08. The minimum atomic E-state index is -0.194. The maximum atomic E-state index is 11.4. The van der Waals surface area contributed by atoms with E-state index in [9.17, 15) is 4.79 Å². The van der Waals surface area contributed by atoms with Gasteiger partial charge in [-0.05, 0) is 12.8 Å². The van der Waals surface area contributed by atoms with E-state index in [0.29, 0.717) is 12.5 Å². The van der Waals surface area contributed by atoms with Crippen molar-refractivity contribution in [1.82, 2.24) is 4.90 Å². The highest BCUT2D eigenvalue weighted by molar-refractivity contribution is 5.68. The second-order valence-electron chi connectivity index (χ2n) is 4.11. The van der Waals surface area contributed by atoms with E-state index in [-0.39, 0.29) is 12.7 Å². The van der Waals surface area contributed by atoms with Crippen LogP contribution < -0.4 is 0 Å². The van der Waals surface area contributed by atoms with Gasteiger partial charge < -0.3 is 14.7 Å². The number of amides is 1. The Kier molecular flexibility index (Phi) is 5.47. The summed E-state index contributed by atoms with van der Waals surface area (Å²) in [5.41, 5.74) is 0. The molecule has 1 fully saturated rings. The summed E-state index contributed by atoms with van der Waals surface area (Å²) in [6.07, 6.45) is 3.87. The molecular formula is C11H21NO3. The number of hydrogen-bond donors (Lipinski definition) is 1. The number of aliphatic hydroxyl groups excluding tert-OH is 1. The fraction of sp³-hybridized carbons (Fsp3) is 0.909. The van der Waals surface area contributed by atoms with E-state index in [2.05, 4.69) is 6.92 Å². The smallest absolute Gasteiger partial charge is 0.409 e. The lowest BCUT2D eigenvalue weighted by molar-refractivity contribution is 0.0351. The third-order valence-electron chi connectivity index (χ3n) is 2.75. The average molecular weight is 215 g/mol. The molecule has 1 saturated heterocycles. The number of unbranched alkanes of at least 4 members (excludes halogenated alkanes) is 2. The van der Waals surface area contributed by atoms with Gasteiger partial charge in [-0.2, -0.15) is 0 Å². The third-order valence-corrected chi connectivity index (χ3v) is 2.75. The maximum absolute atomic E-state index is 11.4. The first-order chi connectivity index (χ1) is 7.27. The molecule has 1 aliphatic rings. The first-order valence-electron chi connectivity index (χ1n) is 5.80. The number of nitrogens with zero attached hydrogens (tertiary/aromatic N) is 1. The fourth-order valence-electron chi connectivity index (χ4n) is 1.81. The van der Waals surface area contributed by atoms with Crippen molar-refractivity contribution in [3.05, 3.63) is 0 Å². The van der Waals surface area contributed by atoms with Gasteiger partial charge in [0.2, 0.25) is 0 Å². The summed E-state index contributed by atoms with van der Waals surface area (Å²) in [5, 5.41) is 8.83. The molecule has 0 aromatic rings. The standard InChI is InChI=1S/C11H21NO3/c1-2-3-4-6-12-8-10(5-7-13)9-15-11(12)14/h10,13H,2-9H2,1H3. The van der Waals surface area contributed by atoms with Crippen molar-refractivity contribution in [2.75, 3.05) is 26.3 Å². The lowest BCUT2D eigenvalue weighted by atomic mass is 10.1. The molecule has 0 spiro atoms. The van der Waals surface area contributed by atoms with Gasteiger partial charge in [-0.1, -0.05) is 19.8 Å². The Bertz CT molecular complexity index is 196. The number of cyclic esters (lactones) is 1. The Morgan fingerprint density at radius 2 is 2.33 bits per heavy atom. The van der Waals surface area contributed by atoms with Crippen LogP contribution in [-0.2, 0) is 4.74 Å². The van der Waals surface area contributed by atoms with E-state index in [1.165, 1.54) is 0 Å². The molecule has 0 aromatic heterocycles. The van der Waals surface area contributed by atoms with Crippen LogP contribution in [0.2, 0.25) is 0 Å². The zero-order chi connectivity index (χ0) is 11.1. The van der Waals surface area contributed by atoms with E-state index in [0.717, 1.165) is 38.8 Å².